The summed E-state index contributed by atoms with van der Waals surface area (Å²) in [5.41, 5.74) is -2.30. The quantitative estimate of drug-likeness (QED) is 0.527. The van der Waals surface area contributed by atoms with Crippen molar-refractivity contribution in [1.29, 1.82) is 0 Å². The highest BCUT2D eigenvalue weighted by Crippen LogP contribution is 2.67. The topological polar surface area (TPSA) is 40.5 Å². The molecule has 0 aromatic carbocycles. The van der Waals surface area contributed by atoms with Crippen molar-refractivity contribution in [2.24, 2.45) is 28.6 Å². The Balaban J connectivity index is 1.77. The molecule has 0 spiro atoms. The van der Waals surface area contributed by atoms with Gasteiger partial charge in [-0.25, -0.2) is 8.78 Å². The maximum Gasteiger partial charge on any atom is 0.183 e. The van der Waals surface area contributed by atoms with Crippen LogP contribution in [0.3, 0.4) is 0 Å². The van der Waals surface area contributed by atoms with E-state index in [0.717, 1.165) is 0 Å². The molecule has 4 rings (SSSR count). The minimum absolute atomic E-state index is 0.0358. The lowest BCUT2D eigenvalue weighted by atomic mass is 9.47. The number of hydrogen-bond donors (Lipinski definition) is 2. The fourth-order valence-corrected chi connectivity index (χ4v) is 6.04. The van der Waals surface area contributed by atoms with Crippen LogP contribution in [0.1, 0.15) is 46.0 Å². The molecular formula is C19H26F2O2. The van der Waals surface area contributed by atoms with E-state index in [9.17, 15) is 14.6 Å². The molecule has 0 heterocycles. The Morgan fingerprint density at radius 2 is 1.78 bits per heavy atom. The molecule has 4 heteroatoms. The van der Waals surface area contributed by atoms with E-state index in [1.54, 1.807) is 6.08 Å². The summed E-state index contributed by atoms with van der Waals surface area (Å²) >= 11 is 0. The van der Waals surface area contributed by atoms with E-state index in [2.05, 4.69) is 6.92 Å². The lowest BCUT2D eigenvalue weighted by Gasteiger charge is -2.60. The summed E-state index contributed by atoms with van der Waals surface area (Å²) < 4.78 is 30.4. The molecule has 23 heavy (non-hydrogen) atoms. The molecule has 2 fully saturated rings. The SMILES string of the molecule is C[C@]12CC[C@]3(F)[C@@H](C=CC4CC(O)(O)C=C[C@@]43C)[C@@H]1C[C@@H](F)C2. The Morgan fingerprint density at radius 3 is 2.52 bits per heavy atom. The molecule has 0 amide bonds. The highest BCUT2D eigenvalue weighted by atomic mass is 19.1. The maximum absolute atomic E-state index is 16.3. The molecule has 0 saturated heterocycles. The molecule has 128 valence electrons. The molecular weight excluding hydrogens is 298 g/mol. The predicted molar refractivity (Wildman–Crippen MR) is 84.0 cm³/mol. The summed E-state index contributed by atoms with van der Waals surface area (Å²) in [5.74, 6) is -2.35. The van der Waals surface area contributed by atoms with Crippen LogP contribution in [0.5, 0.6) is 0 Å². The number of hydrogen-bond acceptors (Lipinski definition) is 2. The average Bonchev–Trinajstić information content (AvgIpc) is 2.75. The maximum atomic E-state index is 16.3. The number of halogens is 2. The van der Waals surface area contributed by atoms with Gasteiger partial charge in [0.05, 0.1) is 0 Å². The summed E-state index contributed by atoms with van der Waals surface area (Å²) in [6.07, 6.45) is 8.28. The first kappa shape index (κ1) is 15.8. The van der Waals surface area contributed by atoms with Gasteiger partial charge < -0.3 is 10.2 Å². The van der Waals surface area contributed by atoms with Crippen molar-refractivity contribution in [3.05, 3.63) is 24.3 Å². The van der Waals surface area contributed by atoms with E-state index in [1.807, 2.05) is 19.1 Å². The molecule has 2 saturated carbocycles. The lowest BCUT2D eigenvalue weighted by Crippen LogP contribution is -2.61. The van der Waals surface area contributed by atoms with E-state index >= 15 is 4.39 Å². The van der Waals surface area contributed by atoms with Crippen LogP contribution in [0.2, 0.25) is 0 Å². The molecule has 0 bridgehead atoms. The van der Waals surface area contributed by atoms with Crippen molar-refractivity contribution in [1.82, 2.24) is 0 Å². The van der Waals surface area contributed by atoms with E-state index < -0.39 is 23.0 Å². The smallest absolute Gasteiger partial charge is 0.183 e. The van der Waals surface area contributed by atoms with Gasteiger partial charge in [0, 0.05) is 17.8 Å². The van der Waals surface area contributed by atoms with Crippen LogP contribution in [0.15, 0.2) is 24.3 Å². The van der Waals surface area contributed by atoms with E-state index in [4.69, 9.17) is 0 Å². The number of alkyl halides is 2. The summed E-state index contributed by atoms with van der Waals surface area (Å²) in [5, 5.41) is 19.8. The fraction of sp³-hybridized carbons (Fsp3) is 0.789. The van der Waals surface area contributed by atoms with Gasteiger partial charge in [-0.15, -0.1) is 0 Å². The van der Waals surface area contributed by atoms with Gasteiger partial charge in [0.15, 0.2) is 5.79 Å². The second-order valence-corrected chi connectivity index (χ2v) is 8.88. The van der Waals surface area contributed by atoms with Gasteiger partial charge in [0.25, 0.3) is 0 Å². The van der Waals surface area contributed by atoms with Crippen molar-refractivity contribution < 1.29 is 19.0 Å². The van der Waals surface area contributed by atoms with Crippen molar-refractivity contribution in [3.8, 4) is 0 Å². The summed E-state index contributed by atoms with van der Waals surface area (Å²) in [6, 6.07) is 0. The van der Waals surface area contributed by atoms with E-state index in [0.29, 0.717) is 25.7 Å². The third-order valence-corrected chi connectivity index (χ3v) is 7.55. The van der Waals surface area contributed by atoms with Crippen molar-refractivity contribution >= 4 is 0 Å². The van der Waals surface area contributed by atoms with Crippen LogP contribution in [0.25, 0.3) is 0 Å². The highest BCUT2D eigenvalue weighted by Gasteiger charge is 2.66. The predicted octanol–water partition coefficient (Wildman–Crippen LogP) is 3.69. The minimum atomic E-state index is -1.86. The van der Waals surface area contributed by atoms with Gasteiger partial charge in [0.1, 0.15) is 11.8 Å². The zero-order valence-corrected chi connectivity index (χ0v) is 13.8. The molecule has 7 atom stereocenters. The van der Waals surface area contributed by atoms with Gasteiger partial charge in [-0.1, -0.05) is 32.1 Å². The van der Waals surface area contributed by atoms with Gasteiger partial charge in [-0.05, 0) is 49.0 Å². The normalized spacial score (nSPS) is 56.8. The van der Waals surface area contributed by atoms with Crippen LogP contribution >= 0.6 is 0 Å². The molecule has 2 nitrogen and oxygen atoms in total. The molecule has 4 aliphatic rings. The number of fused-ring (bicyclic) bond motifs is 5. The summed E-state index contributed by atoms with van der Waals surface area (Å²) in [4.78, 5) is 0. The van der Waals surface area contributed by atoms with Gasteiger partial charge in [0.2, 0.25) is 0 Å². The second-order valence-electron chi connectivity index (χ2n) is 8.88. The van der Waals surface area contributed by atoms with Crippen LogP contribution in [0, 0.1) is 28.6 Å². The van der Waals surface area contributed by atoms with E-state index in [1.165, 1.54) is 6.08 Å². The first-order valence-electron chi connectivity index (χ1n) is 8.76. The number of aliphatic hydroxyl groups is 2. The van der Waals surface area contributed by atoms with Crippen molar-refractivity contribution in [2.75, 3.05) is 0 Å². The second kappa shape index (κ2) is 4.45. The Hall–Kier alpha value is -0.740. The molecule has 0 aromatic heterocycles. The van der Waals surface area contributed by atoms with Crippen LogP contribution in [-0.2, 0) is 0 Å². The first-order valence-corrected chi connectivity index (χ1v) is 8.76. The molecule has 0 aliphatic heterocycles. The third kappa shape index (κ3) is 1.97. The summed E-state index contributed by atoms with van der Waals surface area (Å²) in [7, 11) is 0. The summed E-state index contributed by atoms with van der Waals surface area (Å²) in [6.45, 7) is 4.01. The Labute approximate surface area is 136 Å². The lowest BCUT2D eigenvalue weighted by molar-refractivity contribution is -0.172. The van der Waals surface area contributed by atoms with Gasteiger partial charge >= 0.3 is 0 Å². The van der Waals surface area contributed by atoms with Crippen LogP contribution < -0.4 is 0 Å². The number of allylic oxidation sites excluding steroid dienone is 3. The molecule has 2 N–H and O–H groups in total. The van der Waals surface area contributed by atoms with Gasteiger partial charge in [-0.3, -0.25) is 0 Å². The Bertz CT molecular complexity index is 586. The standard InChI is InChI=1S/C19H26F2O2/c1-16-5-8-19(21)14(15(16)9-13(20)11-16)4-3-12-10-18(22,23)7-6-17(12,19)2/h3-4,6-7,12-15,22-23H,5,8-11H2,1-2H3/t12?,13-,14+,15+,16-,17+,19+/m1/s1. The zero-order valence-electron chi connectivity index (χ0n) is 13.8. The molecule has 1 unspecified atom stereocenters. The first-order chi connectivity index (χ1) is 10.6. The Kier molecular flexibility index (Phi) is 3.05. The molecule has 0 radical (unpaired) electrons. The molecule has 0 aromatic rings. The average molecular weight is 324 g/mol. The third-order valence-electron chi connectivity index (χ3n) is 7.55. The fourth-order valence-electron chi connectivity index (χ4n) is 6.04. The van der Waals surface area contributed by atoms with Crippen molar-refractivity contribution in [2.45, 2.75) is 63.6 Å². The van der Waals surface area contributed by atoms with E-state index in [-0.39, 0.29) is 29.6 Å². The Morgan fingerprint density at radius 1 is 1.04 bits per heavy atom. The largest absolute Gasteiger partial charge is 0.362 e. The van der Waals surface area contributed by atoms with Crippen molar-refractivity contribution in [3.63, 3.8) is 0 Å². The minimum Gasteiger partial charge on any atom is -0.362 e. The monoisotopic (exact) mass is 324 g/mol. The number of rotatable bonds is 0. The molecule has 4 aliphatic carbocycles. The zero-order chi connectivity index (χ0) is 16.7. The van der Waals surface area contributed by atoms with Crippen LogP contribution in [0.4, 0.5) is 8.78 Å². The van der Waals surface area contributed by atoms with Gasteiger partial charge in [-0.2, -0.15) is 0 Å². The highest BCUT2D eigenvalue weighted by molar-refractivity contribution is 5.30. The van der Waals surface area contributed by atoms with Crippen LogP contribution in [-0.4, -0.2) is 27.8 Å².